The first-order chi connectivity index (χ1) is 9.36. The van der Waals surface area contributed by atoms with Crippen molar-refractivity contribution in [2.45, 2.75) is 44.9 Å². The lowest BCUT2D eigenvalue weighted by Crippen LogP contribution is -2.31. The Morgan fingerprint density at radius 1 is 1.25 bits per heavy atom. The van der Waals surface area contributed by atoms with Crippen LogP contribution in [0.3, 0.4) is 0 Å². The molecule has 0 spiro atoms. The molecule has 1 saturated carbocycles. The molecule has 2 atom stereocenters. The van der Waals surface area contributed by atoms with Crippen molar-refractivity contribution in [3.63, 3.8) is 0 Å². The van der Waals surface area contributed by atoms with E-state index in [0.29, 0.717) is 0 Å². The standard InChI is InChI=1S/C16H21ClF2O/c1-16(2)7-5-4-6-11(16)15(17)14-12(18)8-10(20-3)9-13(14)19/h8-9,11,15H,4-7H2,1-3H3. The van der Waals surface area contributed by atoms with Crippen LogP contribution in [-0.4, -0.2) is 7.11 Å². The van der Waals surface area contributed by atoms with Crippen LogP contribution in [0.5, 0.6) is 5.75 Å². The molecular weight excluding hydrogens is 282 g/mol. The molecule has 1 aromatic carbocycles. The lowest BCUT2D eigenvalue weighted by Gasteiger charge is -2.41. The molecule has 0 radical (unpaired) electrons. The fourth-order valence-electron chi connectivity index (χ4n) is 3.21. The summed E-state index contributed by atoms with van der Waals surface area (Å²) in [6, 6.07) is 2.40. The maximum Gasteiger partial charge on any atom is 0.134 e. The first-order valence-corrected chi connectivity index (χ1v) is 7.47. The Morgan fingerprint density at radius 2 is 1.85 bits per heavy atom. The number of ether oxygens (including phenoxy) is 1. The predicted molar refractivity (Wildman–Crippen MR) is 77.2 cm³/mol. The van der Waals surface area contributed by atoms with Crippen molar-refractivity contribution in [1.82, 2.24) is 0 Å². The molecule has 1 aliphatic rings. The lowest BCUT2D eigenvalue weighted by atomic mass is 9.66. The Hall–Kier alpha value is -0.830. The van der Waals surface area contributed by atoms with Crippen LogP contribution in [0.4, 0.5) is 8.78 Å². The molecule has 20 heavy (non-hydrogen) atoms. The van der Waals surface area contributed by atoms with Crippen molar-refractivity contribution < 1.29 is 13.5 Å². The summed E-state index contributed by atoms with van der Waals surface area (Å²) in [5.74, 6) is -0.989. The smallest absolute Gasteiger partial charge is 0.134 e. The molecule has 0 heterocycles. The van der Waals surface area contributed by atoms with Crippen molar-refractivity contribution in [3.8, 4) is 5.75 Å². The molecule has 0 amide bonds. The highest BCUT2D eigenvalue weighted by atomic mass is 35.5. The molecule has 2 rings (SSSR count). The number of rotatable bonds is 3. The average molecular weight is 303 g/mol. The molecule has 2 unspecified atom stereocenters. The topological polar surface area (TPSA) is 9.23 Å². The van der Waals surface area contributed by atoms with E-state index in [0.717, 1.165) is 25.7 Å². The number of halogens is 3. The lowest BCUT2D eigenvalue weighted by molar-refractivity contribution is 0.131. The van der Waals surface area contributed by atoms with Gasteiger partial charge in [-0.3, -0.25) is 0 Å². The zero-order chi connectivity index (χ0) is 14.9. The van der Waals surface area contributed by atoms with E-state index in [4.69, 9.17) is 16.3 Å². The largest absolute Gasteiger partial charge is 0.497 e. The molecule has 0 aliphatic heterocycles. The third-order valence-electron chi connectivity index (χ3n) is 4.51. The summed E-state index contributed by atoms with van der Waals surface area (Å²) in [6.07, 6.45) is 4.17. The molecule has 1 aliphatic carbocycles. The Kier molecular flexibility index (Phi) is 4.58. The molecule has 0 N–H and O–H groups in total. The molecule has 112 valence electrons. The zero-order valence-corrected chi connectivity index (χ0v) is 12.9. The van der Waals surface area contributed by atoms with Crippen molar-refractivity contribution in [3.05, 3.63) is 29.3 Å². The van der Waals surface area contributed by atoms with Crippen LogP contribution in [0.1, 0.15) is 50.5 Å². The van der Waals surface area contributed by atoms with Gasteiger partial charge in [-0.15, -0.1) is 11.6 Å². The second-order valence-corrected chi connectivity index (χ2v) is 6.72. The summed E-state index contributed by atoms with van der Waals surface area (Å²) in [6.45, 7) is 4.26. The van der Waals surface area contributed by atoms with Gasteiger partial charge in [0.1, 0.15) is 17.4 Å². The fourth-order valence-corrected chi connectivity index (χ4v) is 3.88. The second-order valence-electron chi connectivity index (χ2n) is 6.25. The van der Waals surface area contributed by atoms with E-state index < -0.39 is 17.0 Å². The maximum atomic E-state index is 14.2. The van der Waals surface area contributed by atoms with Crippen LogP contribution in [0.25, 0.3) is 0 Å². The van der Waals surface area contributed by atoms with Crippen LogP contribution in [0, 0.1) is 23.0 Å². The molecule has 4 heteroatoms. The van der Waals surface area contributed by atoms with Gasteiger partial charge in [0, 0.05) is 17.7 Å². The summed E-state index contributed by atoms with van der Waals surface area (Å²) in [7, 11) is 1.39. The maximum absolute atomic E-state index is 14.2. The van der Waals surface area contributed by atoms with Crippen LogP contribution in [0.15, 0.2) is 12.1 Å². The Morgan fingerprint density at radius 3 is 2.35 bits per heavy atom. The van der Waals surface area contributed by atoms with Crippen LogP contribution in [0.2, 0.25) is 0 Å². The van der Waals surface area contributed by atoms with E-state index in [1.165, 1.54) is 19.2 Å². The van der Waals surface area contributed by atoms with Gasteiger partial charge in [-0.2, -0.15) is 0 Å². The first kappa shape index (κ1) is 15.6. The van der Waals surface area contributed by atoms with Gasteiger partial charge < -0.3 is 4.74 Å². The second kappa shape index (κ2) is 5.88. The van der Waals surface area contributed by atoms with Crippen LogP contribution < -0.4 is 4.74 Å². The van der Waals surface area contributed by atoms with E-state index >= 15 is 0 Å². The van der Waals surface area contributed by atoms with Crippen LogP contribution >= 0.6 is 11.6 Å². The van der Waals surface area contributed by atoms with Crippen molar-refractivity contribution in [2.24, 2.45) is 11.3 Å². The molecule has 0 saturated heterocycles. The zero-order valence-electron chi connectivity index (χ0n) is 12.2. The fraction of sp³-hybridized carbons (Fsp3) is 0.625. The molecule has 1 fully saturated rings. The summed E-state index contributed by atoms with van der Waals surface area (Å²) < 4.78 is 33.2. The normalized spacial score (nSPS) is 23.4. The third-order valence-corrected chi connectivity index (χ3v) is 5.03. The van der Waals surface area contributed by atoms with E-state index in [2.05, 4.69) is 13.8 Å². The highest BCUT2D eigenvalue weighted by molar-refractivity contribution is 6.21. The van der Waals surface area contributed by atoms with Gasteiger partial charge in [0.15, 0.2) is 0 Å². The quantitative estimate of drug-likeness (QED) is 0.673. The monoisotopic (exact) mass is 302 g/mol. The number of alkyl halides is 1. The van der Waals surface area contributed by atoms with E-state index in [1.54, 1.807) is 0 Å². The minimum Gasteiger partial charge on any atom is -0.497 e. The molecule has 1 aromatic rings. The highest BCUT2D eigenvalue weighted by Gasteiger charge is 2.39. The molecular formula is C16H21ClF2O. The number of methoxy groups -OCH3 is 1. The predicted octanol–water partition coefficient (Wildman–Crippen LogP) is 5.47. The first-order valence-electron chi connectivity index (χ1n) is 7.04. The average Bonchev–Trinajstić information content (AvgIpc) is 2.36. The minimum atomic E-state index is -0.642. The van der Waals surface area contributed by atoms with Gasteiger partial charge in [-0.05, 0) is 24.2 Å². The van der Waals surface area contributed by atoms with Gasteiger partial charge in [-0.25, -0.2) is 8.78 Å². The van der Waals surface area contributed by atoms with Gasteiger partial charge in [0.05, 0.1) is 12.5 Å². The van der Waals surface area contributed by atoms with Gasteiger partial charge in [0.2, 0.25) is 0 Å². The third kappa shape index (κ3) is 2.93. The number of hydrogen-bond acceptors (Lipinski definition) is 1. The summed E-state index contributed by atoms with van der Waals surface area (Å²) in [5, 5.41) is -0.642. The minimum absolute atomic E-state index is 0.00345. The van der Waals surface area contributed by atoms with Crippen molar-refractivity contribution in [2.75, 3.05) is 7.11 Å². The molecule has 1 nitrogen and oxygen atoms in total. The highest BCUT2D eigenvalue weighted by Crippen LogP contribution is 2.50. The van der Waals surface area contributed by atoms with Crippen LogP contribution in [-0.2, 0) is 0 Å². The summed E-state index contributed by atoms with van der Waals surface area (Å²) in [5.41, 5.74) is -0.0174. The van der Waals surface area contributed by atoms with Crippen molar-refractivity contribution in [1.29, 1.82) is 0 Å². The summed E-state index contributed by atoms with van der Waals surface area (Å²) >= 11 is 6.45. The SMILES string of the molecule is COc1cc(F)c(C(Cl)C2CCCCC2(C)C)c(F)c1. The summed E-state index contributed by atoms with van der Waals surface area (Å²) in [4.78, 5) is 0. The van der Waals surface area contributed by atoms with E-state index in [1.807, 2.05) is 0 Å². The van der Waals surface area contributed by atoms with Gasteiger partial charge in [-0.1, -0.05) is 26.7 Å². The number of benzene rings is 1. The Labute approximate surface area is 124 Å². The Balaban J connectivity index is 2.35. The number of hydrogen-bond donors (Lipinski definition) is 0. The van der Waals surface area contributed by atoms with E-state index in [-0.39, 0.29) is 22.6 Å². The Bertz CT molecular complexity index is 464. The van der Waals surface area contributed by atoms with Gasteiger partial charge in [0.25, 0.3) is 0 Å². The molecule has 0 aromatic heterocycles. The van der Waals surface area contributed by atoms with E-state index in [9.17, 15) is 8.78 Å². The molecule has 0 bridgehead atoms. The van der Waals surface area contributed by atoms with Crippen molar-refractivity contribution >= 4 is 11.6 Å². The van der Waals surface area contributed by atoms with Gasteiger partial charge >= 0.3 is 0 Å².